The second kappa shape index (κ2) is 9.35. The van der Waals surface area contributed by atoms with E-state index in [0.29, 0.717) is 18.8 Å². The fourth-order valence-electron chi connectivity index (χ4n) is 3.51. The van der Waals surface area contributed by atoms with Crippen molar-refractivity contribution >= 4 is 15.9 Å². The van der Waals surface area contributed by atoms with E-state index in [0.717, 1.165) is 31.2 Å². The largest absolute Gasteiger partial charge is 0.394 e. The summed E-state index contributed by atoms with van der Waals surface area (Å²) in [6.45, 7) is 2.00. The van der Waals surface area contributed by atoms with Gasteiger partial charge in [-0.1, -0.05) is 17.7 Å². The van der Waals surface area contributed by atoms with Gasteiger partial charge in [-0.15, -0.1) is 0 Å². The third kappa shape index (κ3) is 6.01. The van der Waals surface area contributed by atoms with Crippen LogP contribution in [0, 0.1) is 12.8 Å². The maximum Gasteiger partial charge on any atom is 0.240 e. The molecule has 0 aromatic heterocycles. The van der Waals surface area contributed by atoms with Gasteiger partial charge in [-0.3, -0.25) is 4.79 Å². The Bertz CT molecular complexity index is 761. The van der Waals surface area contributed by atoms with Crippen molar-refractivity contribution < 1.29 is 23.1 Å². The summed E-state index contributed by atoms with van der Waals surface area (Å²) in [5, 5.41) is 12.6. The molecule has 0 radical (unpaired) electrons. The molecule has 156 valence electrons. The number of aliphatic hydroxyl groups is 1. The standard InChI is InChI=1S/C20H30N2O5S/c1-14-2-7-17(8-3-14)28(25,26)21-11-10-16-6-9-18(19(13-23)27-16)22-20(24)12-15-4-5-15/h2-3,7-8,15-16,18-19,21,23H,4-6,9-13H2,1H3,(H,22,24)/t16-,18+,19+/m0/s1. The molecule has 1 aliphatic heterocycles. The molecule has 0 unspecified atom stereocenters. The van der Waals surface area contributed by atoms with Crippen molar-refractivity contribution in [3.63, 3.8) is 0 Å². The second-order valence-electron chi connectivity index (χ2n) is 7.88. The molecule has 0 spiro atoms. The Morgan fingerprint density at radius 2 is 1.89 bits per heavy atom. The van der Waals surface area contributed by atoms with E-state index in [2.05, 4.69) is 10.0 Å². The number of ether oxygens (including phenoxy) is 1. The second-order valence-corrected chi connectivity index (χ2v) is 9.64. The molecule has 3 N–H and O–H groups in total. The van der Waals surface area contributed by atoms with Crippen molar-refractivity contribution in [2.24, 2.45) is 5.92 Å². The molecule has 1 saturated heterocycles. The van der Waals surface area contributed by atoms with Crippen LogP contribution in [0.4, 0.5) is 0 Å². The number of rotatable bonds is 9. The van der Waals surface area contributed by atoms with Crippen molar-refractivity contribution in [3.8, 4) is 0 Å². The minimum atomic E-state index is -3.54. The summed E-state index contributed by atoms with van der Waals surface area (Å²) in [5.41, 5.74) is 1.00. The van der Waals surface area contributed by atoms with E-state index in [-0.39, 0.29) is 36.1 Å². The summed E-state index contributed by atoms with van der Waals surface area (Å²) >= 11 is 0. The van der Waals surface area contributed by atoms with E-state index in [1.54, 1.807) is 24.3 Å². The molecule has 1 aromatic carbocycles. The summed E-state index contributed by atoms with van der Waals surface area (Å²) < 4.78 is 33.2. The van der Waals surface area contributed by atoms with Gasteiger partial charge in [0.25, 0.3) is 0 Å². The Kier molecular flexibility index (Phi) is 7.09. The van der Waals surface area contributed by atoms with Crippen LogP contribution in [0.25, 0.3) is 0 Å². The van der Waals surface area contributed by atoms with Crippen LogP contribution in [0.15, 0.2) is 29.2 Å². The van der Waals surface area contributed by atoms with Gasteiger partial charge >= 0.3 is 0 Å². The van der Waals surface area contributed by atoms with Crippen LogP contribution in [0.2, 0.25) is 0 Å². The van der Waals surface area contributed by atoms with Gasteiger partial charge in [0, 0.05) is 13.0 Å². The Morgan fingerprint density at radius 3 is 2.54 bits per heavy atom. The van der Waals surface area contributed by atoms with Gasteiger partial charge in [0.15, 0.2) is 0 Å². The van der Waals surface area contributed by atoms with Crippen molar-refractivity contribution in [2.45, 2.75) is 68.6 Å². The van der Waals surface area contributed by atoms with Gasteiger partial charge in [0.1, 0.15) is 6.10 Å². The number of aryl methyl sites for hydroxylation is 1. The fraction of sp³-hybridized carbons (Fsp3) is 0.650. The number of nitrogens with one attached hydrogen (secondary N) is 2. The molecule has 1 saturated carbocycles. The number of hydrogen-bond acceptors (Lipinski definition) is 5. The van der Waals surface area contributed by atoms with Crippen LogP contribution in [0.5, 0.6) is 0 Å². The number of sulfonamides is 1. The molecule has 0 bridgehead atoms. The Balaban J connectivity index is 1.44. The third-order valence-corrected chi connectivity index (χ3v) is 6.88. The van der Waals surface area contributed by atoms with Crippen molar-refractivity contribution in [1.82, 2.24) is 10.0 Å². The first-order chi connectivity index (χ1) is 13.4. The zero-order chi connectivity index (χ0) is 20.1. The van der Waals surface area contributed by atoms with Gasteiger partial charge in [0.2, 0.25) is 15.9 Å². The summed E-state index contributed by atoms with van der Waals surface area (Å²) in [5.74, 6) is 0.547. The van der Waals surface area contributed by atoms with Crippen LogP contribution < -0.4 is 10.0 Å². The summed E-state index contributed by atoms with van der Waals surface area (Å²) in [7, 11) is -3.54. The molecule has 7 nitrogen and oxygen atoms in total. The first kappa shape index (κ1) is 21.2. The highest BCUT2D eigenvalue weighted by Crippen LogP contribution is 2.32. The van der Waals surface area contributed by atoms with Gasteiger partial charge < -0.3 is 15.2 Å². The maximum absolute atomic E-state index is 12.3. The highest BCUT2D eigenvalue weighted by Gasteiger charge is 2.33. The summed E-state index contributed by atoms with van der Waals surface area (Å²) in [4.78, 5) is 12.3. The van der Waals surface area contributed by atoms with Crippen LogP contribution >= 0.6 is 0 Å². The number of benzene rings is 1. The molecular weight excluding hydrogens is 380 g/mol. The molecule has 1 aromatic rings. The Labute approximate surface area is 166 Å². The molecule has 8 heteroatoms. The maximum atomic E-state index is 12.3. The lowest BCUT2D eigenvalue weighted by atomic mass is 9.97. The number of carbonyl (C=O) groups is 1. The molecule has 2 fully saturated rings. The minimum absolute atomic E-state index is 0.0267. The van der Waals surface area contributed by atoms with Gasteiger partial charge in [-0.05, 0) is 57.1 Å². The third-order valence-electron chi connectivity index (χ3n) is 5.40. The smallest absolute Gasteiger partial charge is 0.240 e. The average molecular weight is 411 g/mol. The molecular formula is C20H30N2O5S. The lowest BCUT2D eigenvalue weighted by Crippen LogP contribution is -2.51. The zero-order valence-corrected chi connectivity index (χ0v) is 17.1. The van der Waals surface area contributed by atoms with E-state index in [1.165, 1.54) is 0 Å². The van der Waals surface area contributed by atoms with Crippen LogP contribution in [0.3, 0.4) is 0 Å². The number of carbonyl (C=O) groups excluding carboxylic acids is 1. The zero-order valence-electron chi connectivity index (χ0n) is 16.3. The van der Waals surface area contributed by atoms with Crippen LogP contribution in [0.1, 0.15) is 44.1 Å². The SMILES string of the molecule is Cc1ccc(S(=O)(=O)NCC[C@@H]2CC[C@@H](NC(=O)CC3CC3)[C@@H](CO)O2)cc1. The molecule has 1 heterocycles. The highest BCUT2D eigenvalue weighted by atomic mass is 32.2. The highest BCUT2D eigenvalue weighted by molar-refractivity contribution is 7.89. The van der Waals surface area contributed by atoms with E-state index in [9.17, 15) is 18.3 Å². The predicted octanol–water partition coefficient (Wildman–Crippen LogP) is 1.49. The first-order valence-corrected chi connectivity index (χ1v) is 11.5. The lowest BCUT2D eigenvalue weighted by molar-refractivity contribution is -0.128. The average Bonchev–Trinajstić information content (AvgIpc) is 3.47. The minimum Gasteiger partial charge on any atom is -0.394 e. The monoisotopic (exact) mass is 410 g/mol. The van der Waals surface area contributed by atoms with E-state index in [4.69, 9.17) is 4.74 Å². The van der Waals surface area contributed by atoms with Crippen molar-refractivity contribution in [1.29, 1.82) is 0 Å². The molecule has 3 atom stereocenters. The van der Waals surface area contributed by atoms with Crippen molar-refractivity contribution in [3.05, 3.63) is 29.8 Å². The lowest BCUT2D eigenvalue weighted by Gasteiger charge is -2.36. The molecule has 1 aliphatic carbocycles. The topological polar surface area (TPSA) is 105 Å². The van der Waals surface area contributed by atoms with Gasteiger partial charge in [0.05, 0.1) is 23.6 Å². The Morgan fingerprint density at radius 1 is 1.18 bits per heavy atom. The predicted molar refractivity (Wildman–Crippen MR) is 105 cm³/mol. The van der Waals surface area contributed by atoms with Crippen molar-refractivity contribution in [2.75, 3.05) is 13.2 Å². The number of aliphatic hydroxyl groups excluding tert-OH is 1. The summed E-state index contributed by atoms with van der Waals surface area (Å²) in [6, 6.07) is 6.53. The molecule has 2 aliphatic rings. The number of amides is 1. The van der Waals surface area contributed by atoms with Crippen LogP contribution in [-0.4, -0.2) is 50.8 Å². The molecule has 28 heavy (non-hydrogen) atoms. The number of hydrogen-bond donors (Lipinski definition) is 3. The van der Waals surface area contributed by atoms with Crippen LogP contribution in [-0.2, 0) is 19.6 Å². The fourth-order valence-corrected chi connectivity index (χ4v) is 4.56. The molecule has 1 amide bonds. The van der Waals surface area contributed by atoms with E-state index < -0.39 is 16.1 Å². The molecule has 3 rings (SSSR count). The summed E-state index contributed by atoms with van der Waals surface area (Å²) in [6.07, 6.45) is 4.17. The Hall–Kier alpha value is -1.48. The van der Waals surface area contributed by atoms with E-state index in [1.807, 2.05) is 6.92 Å². The quantitative estimate of drug-likeness (QED) is 0.572. The van der Waals surface area contributed by atoms with Gasteiger partial charge in [-0.25, -0.2) is 13.1 Å². The van der Waals surface area contributed by atoms with Gasteiger partial charge in [-0.2, -0.15) is 0 Å². The first-order valence-electron chi connectivity index (χ1n) is 9.99. The van der Waals surface area contributed by atoms with E-state index >= 15 is 0 Å². The normalized spacial score (nSPS) is 25.4.